The Morgan fingerprint density at radius 3 is 1.63 bits per heavy atom. The molecule has 4 aromatic rings. The number of nitrogen functional groups attached to an aromatic ring is 2. The molecule has 4 aromatic heterocycles. The van der Waals surface area contributed by atoms with Gasteiger partial charge >= 0.3 is 19.6 Å². The maximum absolute atomic E-state index is 13.7. The molecule has 0 radical (unpaired) electrons. The van der Waals surface area contributed by atoms with Gasteiger partial charge in [0.15, 0.2) is 11.6 Å². The van der Waals surface area contributed by atoms with Crippen LogP contribution in [0.25, 0.3) is 11.0 Å². The summed E-state index contributed by atoms with van der Waals surface area (Å²) in [6, 6.07) is 7.55. The zero-order valence-corrected chi connectivity index (χ0v) is 33.5. The topological polar surface area (TPSA) is 383 Å². The molecular weight excluding hydrogens is 815 g/mol. The van der Waals surface area contributed by atoms with Gasteiger partial charge in [-0.1, -0.05) is 0 Å². The normalized spacial score (nSPS) is 27.4. The smallest absolute Gasteiger partial charge is 0.342 e. The first-order valence-electron chi connectivity index (χ1n) is 18.3. The molecule has 2 saturated heterocycles. The van der Waals surface area contributed by atoms with Crippen molar-refractivity contribution in [2.75, 3.05) is 37.9 Å². The zero-order valence-electron chi connectivity index (χ0n) is 32.6. The van der Waals surface area contributed by atoms with E-state index in [2.05, 4.69) is 30.3 Å². The third kappa shape index (κ3) is 8.46. The predicted molar refractivity (Wildman–Crippen MR) is 202 cm³/mol. The van der Waals surface area contributed by atoms with E-state index in [9.17, 15) is 50.2 Å². The summed E-state index contributed by atoms with van der Waals surface area (Å²) in [5, 5.41) is 83.5. The number of nitrogens with two attached hydrogens (primary N) is 2. The summed E-state index contributed by atoms with van der Waals surface area (Å²) in [7, 11) is -4.24. The van der Waals surface area contributed by atoms with Crippen LogP contribution in [0, 0.1) is 22.7 Å². The molecule has 25 nitrogen and oxygen atoms in total. The lowest BCUT2D eigenvalue weighted by atomic mass is 9.92. The molecular formula is C34H45N12O13P. The highest BCUT2D eigenvalue weighted by atomic mass is 31.2. The number of aromatic nitrogens is 6. The van der Waals surface area contributed by atoms with E-state index in [1.165, 1.54) is 47.4 Å². The van der Waals surface area contributed by atoms with Crippen molar-refractivity contribution >= 4 is 42.3 Å². The highest BCUT2D eigenvalue weighted by Crippen LogP contribution is 2.44. The maximum atomic E-state index is 13.7. The third-order valence-corrected chi connectivity index (χ3v) is 11.5. The number of rotatable bonds is 14. The summed E-state index contributed by atoms with van der Waals surface area (Å²) < 4.78 is 42.9. The first-order chi connectivity index (χ1) is 28.5. The van der Waals surface area contributed by atoms with Gasteiger partial charge in [-0.05, 0) is 52.0 Å². The summed E-state index contributed by atoms with van der Waals surface area (Å²) in [5.74, 6) is -1.15. The van der Waals surface area contributed by atoms with Gasteiger partial charge in [-0.3, -0.25) is 14.2 Å². The molecule has 2 aliphatic heterocycles. The van der Waals surface area contributed by atoms with Crippen LogP contribution >= 0.6 is 7.67 Å². The number of nitriles is 2. The first-order valence-corrected chi connectivity index (χ1v) is 19.9. The van der Waals surface area contributed by atoms with Crippen molar-refractivity contribution in [1.29, 1.82) is 10.5 Å². The Morgan fingerprint density at radius 1 is 0.833 bits per heavy atom. The van der Waals surface area contributed by atoms with Gasteiger partial charge < -0.3 is 60.5 Å². The molecule has 0 aromatic carbocycles. The van der Waals surface area contributed by atoms with E-state index in [1.807, 2.05) is 12.1 Å². The number of esters is 2. The monoisotopic (exact) mass is 860 g/mol. The van der Waals surface area contributed by atoms with Crippen molar-refractivity contribution in [2.45, 2.75) is 87.6 Å². The van der Waals surface area contributed by atoms with Crippen LogP contribution in [0.4, 0.5) is 11.6 Å². The predicted octanol–water partition coefficient (Wildman–Crippen LogP) is -2.50. The second-order valence-corrected chi connectivity index (χ2v) is 15.3. The second kappa shape index (κ2) is 18.5. The highest BCUT2D eigenvalue weighted by molar-refractivity contribution is 7.54. The van der Waals surface area contributed by atoms with E-state index in [0.29, 0.717) is 11.0 Å². The molecule has 0 unspecified atom stereocenters. The van der Waals surface area contributed by atoms with Gasteiger partial charge in [0.1, 0.15) is 84.5 Å². The fourth-order valence-electron chi connectivity index (χ4n) is 6.55. The number of fused-ring (bicyclic) bond motifs is 2. The molecule has 2 fully saturated rings. The summed E-state index contributed by atoms with van der Waals surface area (Å²) >= 11 is 0. The van der Waals surface area contributed by atoms with Gasteiger partial charge in [0.05, 0.1) is 37.8 Å². The molecule has 2 aliphatic rings. The van der Waals surface area contributed by atoms with Crippen LogP contribution < -0.4 is 21.6 Å². The number of hydrogen-bond acceptors (Lipinski definition) is 21. The quantitative estimate of drug-likeness (QED) is 0.0467. The number of aliphatic hydroxyl groups is 5. The molecule has 26 heteroatoms. The van der Waals surface area contributed by atoms with Gasteiger partial charge in [0, 0.05) is 0 Å². The molecule has 6 heterocycles. The lowest BCUT2D eigenvalue weighted by Crippen LogP contribution is -2.43. The van der Waals surface area contributed by atoms with Crippen molar-refractivity contribution in [3.63, 3.8) is 0 Å². The Morgan fingerprint density at radius 2 is 1.25 bits per heavy atom. The summed E-state index contributed by atoms with van der Waals surface area (Å²) in [6.07, 6.45) is -6.46. The van der Waals surface area contributed by atoms with Gasteiger partial charge in [0.25, 0.3) is 0 Å². The highest BCUT2D eigenvalue weighted by Gasteiger charge is 2.59. The molecule has 0 bridgehead atoms. The van der Waals surface area contributed by atoms with Gasteiger partial charge in [-0.15, -0.1) is 0 Å². The second-order valence-electron chi connectivity index (χ2n) is 13.4. The minimum Gasteiger partial charge on any atom is -0.465 e. The van der Waals surface area contributed by atoms with Crippen LogP contribution in [-0.4, -0.2) is 142 Å². The number of nitrogens with zero attached hydrogens (tertiary/aromatic N) is 8. The molecule has 6 rings (SSSR count). The largest absolute Gasteiger partial charge is 0.465 e. The molecule has 60 heavy (non-hydrogen) atoms. The van der Waals surface area contributed by atoms with E-state index in [1.54, 1.807) is 19.9 Å². The van der Waals surface area contributed by atoms with E-state index in [0.717, 1.165) is 6.33 Å². The maximum Gasteiger partial charge on any atom is 0.342 e. The molecule has 11 N–H and O–H groups in total. The van der Waals surface area contributed by atoms with E-state index >= 15 is 0 Å². The minimum absolute atomic E-state index is 0.0643. The Labute approximate surface area is 340 Å². The average molecular weight is 861 g/mol. The number of aliphatic hydroxyl groups excluding tert-OH is 5. The Kier molecular flexibility index (Phi) is 14.1. The molecule has 0 saturated carbocycles. The molecule has 0 aliphatic carbocycles. The number of hydrogen-bond donors (Lipinski definition) is 9. The van der Waals surface area contributed by atoms with Crippen LogP contribution in [0.3, 0.4) is 0 Å². The SMILES string of the molecule is CCOC(=O)[C@H](C)NP(=O)(N[C@@H](C)C(=O)OCC)OC[C@H]1O[C@@](C#N)(c2ccc3c(N)ncnn23)[C@H](O)[C@@H]1O.N#C[C@@]1(c2ccc3c(N)ncnn23)O[C@H](CO)[C@@H](O)[C@H]1O. The van der Waals surface area contributed by atoms with E-state index in [4.69, 9.17) is 34.9 Å². The number of carbonyl (C=O) groups is 2. The van der Waals surface area contributed by atoms with Gasteiger partial charge in [-0.2, -0.15) is 20.7 Å². The third-order valence-electron chi connectivity index (χ3n) is 9.58. The van der Waals surface area contributed by atoms with Crippen molar-refractivity contribution in [1.82, 2.24) is 39.4 Å². The molecule has 0 amide bonds. The lowest BCUT2D eigenvalue weighted by Gasteiger charge is -2.27. The van der Waals surface area contributed by atoms with Crippen molar-refractivity contribution in [3.05, 3.63) is 48.3 Å². The zero-order chi connectivity index (χ0) is 44.2. The number of nitrogens with one attached hydrogen (secondary N) is 2. The minimum atomic E-state index is -4.24. The summed E-state index contributed by atoms with van der Waals surface area (Å²) in [6.45, 7) is 4.94. The van der Waals surface area contributed by atoms with Gasteiger partial charge in [-0.25, -0.2) is 29.2 Å². The van der Waals surface area contributed by atoms with E-state index in [-0.39, 0.29) is 36.2 Å². The van der Waals surface area contributed by atoms with Crippen LogP contribution in [0.2, 0.25) is 0 Å². The van der Waals surface area contributed by atoms with Crippen LogP contribution in [0.15, 0.2) is 36.9 Å². The van der Waals surface area contributed by atoms with Crippen molar-refractivity contribution < 1.29 is 63.2 Å². The fourth-order valence-corrected chi connectivity index (χ4v) is 8.36. The average Bonchev–Trinajstić information content (AvgIpc) is 3.98. The Balaban J connectivity index is 0.000000271. The standard InChI is InChI=1S/C22H32N7O9P.C12H13N5O4/c1-5-35-20(32)12(3)27-39(34,28-13(4)21(33)36-6-2)37-9-15-17(30)18(31)22(10-23,38-15)16-8-7-14-19(24)25-11-26-29(14)16;13-4-12(10(20)9(19)7(3-18)21-12)8-2-1-6-11(14)15-5-16-17(6)8/h7-8,11-13,15,17-18,30-31H,5-6,9H2,1-4H3,(H2,24,25,26)(H2,27,28,34);1-2,5,7,9-10,18-20H,3H2,(H2,14,15,16)/t12-,13-,15+,17+,18+,22-;7-,9-,10-,12+/m01/s1. The molecule has 10 atom stereocenters. The summed E-state index contributed by atoms with van der Waals surface area (Å²) in [4.78, 5) is 32.0. The Bertz CT molecular complexity index is 2290. The number of carbonyl (C=O) groups excluding carboxylic acids is 2. The van der Waals surface area contributed by atoms with Crippen LogP contribution in [0.1, 0.15) is 39.1 Å². The Hall–Kier alpha value is -5.41. The number of ether oxygens (including phenoxy) is 4. The van der Waals surface area contributed by atoms with Crippen molar-refractivity contribution in [2.24, 2.45) is 0 Å². The van der Waals surface area contributed by atoms with E-state index < -0.39 is 92.7 Å². The lowest BCUT2D eigenvalue weighted by molar-refractivity contribution is -0.145. The fraction of sp³-hybridized carbons (Fsp3) is 0.529. The molecule has 0 spiro atoms. The van der Waals surface area contributed by atoms with Crippen molar-refractivity contribution in [3.8, 4) is 12.1 Å². The van der Waals surface area contributed by atoms with Crippen LogP contribution in [-0.2, 0) is 48.8 Å². The van der Waals surface area contributed by atoms with Crippen LogP contribution in [0.5, 0.6) is 0 Å². The number of anilines is 2. The van der Waals surface area contributed by atoms with Gasteiger partial charge in [0.2, 0.25) is 11.2 Å². The molecule has 324 valence electrons. The first kappa shape index (κ1) is 45.7. The summed E-state index contributed by atoms with van der Waals surface area (Å²) in [5.41, 5.74) is 8.68.